The van der Waals surface area contributed by atoms with Crippen LogP contribution in [0.4, 0.5) is 11.4 Å². The van der Waals surface area contributed by atoms with Crippen LogP contribution in [0.1, 0.15) is 42.6 Å². The van der Waals surface area contributed by atoms with Gasteiger partial charge in [-0.25, -0.2) is 5.43 Å². The fraction of sp³-hybridized carbons (Fsp3) is 0.375. The molecular weight excluding hydrogens is 422 g/mol. The second-order valence-corrected chi connectivity index (χ2v) is 7.86. The molecule has 9 nitrogen and oxygen atoms in total. The van der Waals surface area contributed by atoms with Crippen LogP contribution in [0.5, 0.6) is 0 Å². The Labute approximate surface area is 193 Å². The first-order chi connectivity index (χ1) is 15.9. The van der Waals surface area contributed by atoms with Crippen molar-refractivity contribution < 1.29 is 14.5 Å². The number of rotatable bonds is 8. The number of nitro benzene ring substituents is 1. The number of nitrogens with one attached hydrogen (secondary N) is 1. The highest BCUT2D eigenvalue weighted by Gasteiger charge is 2.29. The van der Waals surface area contributed by atoms with E-state index in [0.717, 1.165) is 25.1 Å². The van der Waals surface area contributed by atoms with Crippen LogP contribution in [0.3, 0.4) is 0 Å². The molecular formula is C24H29N5O4. The summed E-state index contributed by atoms with van der Waals surface area (Å²) in [5, 5.41) is 15.4. The maximum absolute atomic E-state index is 12.9. The number of nitro groups is 1. The smallest absolute Gasteiger partial charge is 0.271 e. The number of non-ortho nitro benzene ring substituents is 1. The van der Waals surface area contributed by atoms with Gasteiger partial charge in [-0.3, -0.25) is 19.7 Å². The Hall–Kier alpha value is -3.75. The predicted molar refractivity (Wildman–Crippen MR) is 127 cm³/mol. The molecule has 33 heavy (non-hydrogen) atoms. The minimum Gasteiger partial charge on any atom is -0.370 e. The van der Waals surface area contributed by atoms with E-state index in [9.17, 15) is 19.7 Å². The Morgan fingerprint density at radius 2 is 1.94 bits per heavy atom. The van der Waals surface area contributed by atoms with Crippen LogP contribution in [-0.2, 0) is 4.79 Å². The Kier molecular flexibility index (Phi) is 8.12. The summed E-state index contributed by atoms with van der Waals surface area (Å²) in [5.74, 6) is -0.366. The van der Waals surface area contributed by atoms with Gasteiger partial charge in [-0.2, -0.15) is 5.10 Å². The first kappa shape index (κ1) is 23.9. The van der Waals surface area contributed by atoms with Crippen molar-refractivity contribution in [3.63, 3.8) is 0 Å². The highest BCUT2D eigenvalue weighted by molar-refractivity contribution is 5.95. The van der Waals surface area contributed by atoms with Crippen molar-refractivity contribution in [2.75, 3.05) is 31.1 Å². The minimum absolute atomic E-state index is 0.0673. The summed E-state index contributed by atoms with van der Waals surface area (Å²) in [7, 11) is 0. The quantitative estimate of drug-likeness (QED) is 0.376. The maximum atomic E-state index is 12.9. The monoisotopic (exact) mass is 451 g/mol. The zero-order valence-corrected chi connectivity index (χ0v) is 18.9. The molecule has 2 amide bonds. The van der Waals surface area contributed by atoms with Gasteiger partial charge in [-0.15, -0.1) is 0 Å². The Balaban J connectivity index is 1.82. The highest BCUT2D eigenvalue weighted by Crippen LogP contribution is 2.29. The van der Waals surface area contributed by atoms with Crippen LogP contribution < -0.4 is 10.3 Å². The zero-order chi connectivity index (χ0) is 23.8. The number of piperidine rings is 1. The number of hydrogen-bond acceptors (Lipinski definition) is 6. The molecule has 0 radical (unpaired) electrons. The molecule has 9 heteroatoms. The lowest BCUT2D eigenvalue weighted by Crippen LogP contribution is -2.45. The number of benzene rings is 2. The fourth-order valence-electron chi connectivity index (χ4n) is 4.05. The van der Waals surface area contributed by atoms with Crippen LogP contribution in [0.15, 0.2) is 53.6 Å². The standard InChI is InChI=1S/C24H29N5O4/c1-3-27(4-2)24(31)19-11-8-14-28(17-19)22-13-12-21(29(32)33)15-20(22)16-25-26-23(30)18-9-6-5-7-10-18/h5-7,9-10,12-13,15-16,19H,3-4,8,11,14,17H2,1-2H3,(H,26,30)/b25-16+. The van der Waals surface area contributed by atoms with Gasteiger partial charge in [-0.05, 0) is 44.9 Å². The lowest BCUT2D eigenvalue weighted by molar-refractivity contribution is -0.384. The molecule has 0 bridgehead atoms. The summed E-state index contributed by atoms with van der Waals surface area (Å²) < 4.78 is 0. The van der Waals surface area contributed by atoms with Gasteiger partial charge in [0.1, 0.15) is 0 Å². The number of carbonyl (C=O) groups is 2. The molecule has 1 N–H and O–H groups in total. The summed E-state index contributed by atoms with van der Waals surface area (Å²) in [6.45, 7) is 6.54. The number of carbonyl (C=O) groups excluding carboxylic acids is 2. The largest absolute Gasteiger partial charge is 0.370 e. The number of nitrogens with zero attached hydrogens (tertiary/aromatic N) is 4. The maximum Gasteiger partial charge on any atom is 0.271 e. The lowest BCUT2D eigenvalue weighted by Gasteiger charge is -2.36. The predicted octanol–water partition coefficient (Wildman–Crippen LogP) is 3.44. The van der Waals surface area contributed by atoms with Gasteiger partial charge in [-0.1, -0.05) is 18.2 Å². The first-order valence-electron chi connectivity index (χ1n) is 11.1. The van der Waals surface area contributed by atoms with Crippen molar-refractivity contribution in [2.45, 2.75) is 26.7 Å². The number of hydrogen-bond donors (Lipinski definition) is 1. The van der Waals surface area contributed by atoms with Gasteiger partial charge >= 0.3 is 0 Å². The third kappa shape index (κ3) is 5.94. The topological polar surface area (TPSA) is 108 Å². The number of hydrazone groups is 1. The summed E-state index contributed by atoms with van der Waals surface area (Å²) >= 11 is 0. The van der Waals surface area contributed by atoms with Gasteiger partial charge < -0.3 is 9.80 Å². The van der Waals surface area contributed by atoms with E-state index in [2.05, 4.69) is 15.4 Å². The summed E-state index contributed by atoms with van der Waals surface area (Å²) in [4.78, 5) is 39.9. The van der Waals surface area contributed by atoms with Crippen LogP contribution >= 0.6 is 0 Å². The molecule has 0 spiro atoms. The van der Waals surface area contributed by atoms with E-state index in [1.54, 1.807) is 30.3 Å². The number of anilines is 1. The summed E-state index contributed by atoms with van der Waals surface area (Å²) in [5.41, 5.74) is 4.11. The molecule has 0 aliphatic carbocycles. The third-order valence-electron chi connectivity index (χ3n) is 5.81. The van der Waals surface area contributed by atoms with Crippen molar-refractivity contribution in [2.24, 2.45) is 11.0 Å². The molecule has 3 rings (SSSR count). The molecule has 1 heterocycles. The van der Waals surface area contributed by atoms with Gasteiger partial charge in [0, 0.05) is 55.1 Å². The molecule has 2 aromatic carbocycles. The molecule has 0 saturated carbocycles. The Morgan fingerprint density at radius 1 is 1.21 bits per heavy atom. The van der Waals surface area contributed by atoms with Gasteiger partial charge in [0.05, 0.1) is 17.1 Å². The van der Waals surface area contributed by atoms with Crippen LogP contribution in [0, 0.1) is 16.0 Å². The normalized spacial score (nSPS) is 15.9. The van der Waals surface area contributed by atoms with E-state index in [0.29, 0.717) is 30.8 Å². The molecule has 1 saturated heterocycles. The molecule has 1 fully saturated rings. The van der Waals surface area contributed by atoms with E-state index in [1.165, 1.54) is 18.3 Å². The van der Waals surface area contributed by atoms with Gasteiger partial charge in [0.15, 0.2) is 0 Å². The molecule has 174 valence electrons. The first-order valence-corrected chi connectivity index (χ1v) is 11.1. The van der Waals surface area contributed by atoms with Crippen molar-refractivity contribution in [1.82, 2.24) is 10.3 Å². The van der Waals surface area contributed by atoms with Crippen LogP contribution in [-0.4, -0.2) is 54.0 Å². The van der Waals surface area contributed by atoms with Crippen molar-refractivity contribution in [3.05, 3.63) is 69.8 Å². The highest BCUT2D eigenvalue weighted by atomic mass is 16.6. The number of amides is 2. The van der Waals surface area contributed by atoms with E-state index in [4.69, 9.17) is 0 Å². The van der Waals surface area contributed by atoms with Gasteiger partial charge in [0.2, 0.25) is 5.91 Å². The third-order valence-corrected chi connectivity index (χ3v) is 5.81. The van der Waals surface area contributed by atoms with Crippen LogP contribution in [0.25, 0.3) is 0 Å². The molecule has 1 aliphatic heterocycles. The van der Waals surface area contributed by atoms with Crippen molar-refractivity contribution in [1.29, 1.82) is 0 Å². The van der Waals surface area contributed by atoms with Gasteiger partial charge in [0.25, 0.3) is 11.6 Å². The van der Waals surface area contributed by atoms with Crippen LogP contribution in [0.2, 0.25) is 0 Å². The van der Waals surface area contributed by atoms with E-state index >= 15 is 0 Å². The average molecular weight is 452 g/mol. The summed E-state index contributed by atoms with van der Waals surface area (Å²) in [6, 6.07) is 13.2. The Morgan fingerprint density at radius 3 is 2.61 bits per heavy atom. The second kappa shape index (κ2) is 11.2. The zero-order valence-electron chi connectivity index (χ0n) is 18.9. The average Bonchev–Trinajstić information content (AvgIpc) is 2.85. The molecule has 2 aromatic rings. The second-order valence-electron chi connectivity index (χ2n) is 7.86. The Bertz CT molecular complexity index is 1020. The molecule has 1 atom stereocenters. The van der Waals surface area contributed by atoms with Crippen molar-refractivity contribution >= 4 is 29.4 Å². The molecule has 1 aliphatic rings. The SMILES string of the molecule is CCN(CC)C(=O)C1CCCN(c2ccc([N+](=O)[O-])cc2/C=N/NC(=O)c2ccccc2)C1. The van der Waals surface area contributed by atoms with E-state index in [1.807, 2.05) is 24.8 Å². The minimum atomic E-state index is -0.466. The molecule has 1 unspecified atom stereocenters. The molecule has 0 aromatic heterocycles. The lowest BCUT2D eigenvalue weighted by atomic mass is 9.95. The van der Waals surface area contributed by atoms with E-state index in [-0.39, 0.29) is 23.4 Å². The summed E-state index contributed by atoms with van der Waals surface area (Å²) in [6.07, 6.45) is 3.07. The van der Waals surface area contributed by atoms with Crippen molar-refractivity contribution in [3.8, 4) is 0 Å². The fourth-order valence-corrected chi connectivity index (χ4v) is 4.05. The van der Waals surface area contributed by atoms with E-state index < -0.39 is 4.92 Å².